The highest BCUT2D eigenvalue weighted by atomic mass is 16.5. The molecular formula is C17H21N3O4. The van der Waals surface area contributed by atoms with Gasteiger partial charge < -0.3 is 9.64 Å². The quantitative estimate of drug-likeness (QED) is 0.894. The van der Waals surface area contributed by atoms with Crippen molar-refractivity contribution in [1.82, 2.24) is 14.5 Å². The number of methoxy groups -OCH3 is 1. The van der Waals surface area contributed by atoms with Crippen LogP contribution < -0.4 is 11.2 Å². The van der Waals surface area contributed by atoms with Crippen LogP contribution in [-0.2, 0) is 16.1 Å². The molecule has 0 saturated carbocycles. The molecule has 1 aliphatic heterocycles. The lowest BCUT2D eigenvalue weighted by Gasteiger charge is -2.32. The molecular weight excluding hydrogens is 310 g/mol. The van der Waals surface area contributed by atoms with Crippen LogP contribution in [0.1, 0.15) is 19.3 Å². The van der Waals surface area contributed by atoms with Gasteiger partial charge in [0.15, 0.2) is 0 Å². The molecule has 128 valence electrons. The molecule has 1 N–H and O–H groups in total. The number of aryl methyl sites for hydroxylation is 1. The second kappa shape index (κ2) is 7.00. The lowest BCUT2D eigenvalue weighted by Crippen LogP contribution is -2.43. The highest BCUT2D eigenvalue weighted by molar-refractivity contribution is 5.79. The number of ether oxygens (including phenoxy) is 1. The summed E-state index contributed by atoms with van der Waals surface area (Å²) in [5.41, 5.74) is -0.343. The average molecular weight is 331 g/mol. The van der Waals surface area contributed by atoms with E-state index in [4.69, 9.17) is 4.74 Å². The number of hydrogen-bond donors (Lipinski definition) is 1. The summed E-state index contributed by atoms with van der Waals surface area (Å²) in [5, 5.41) is 0.446. The Morgan fingerprint density at radius 3 is 2.92 bits per heavy atom. The number of hydrogen-bond acceptors (Lipinski definition) is 4. The Morgan fingerprint density at radius 2 is 2.12 bits per heavy atom. The highest BCUT2D eigenvalue weighted by Crippen LogP contribution is 2.14. The number of nitrogens with one attached hydrogen (secondary N) is 1. The molecule has 1 aromatic carbocycles. The number of carbonyl (C=O) groups excluding carboxylic acids is 1. The molecule has 7 heteroatoms. The fourth-order valence-corrected chi connectivity index (χ4v) is 3.19. The van der Waals surface area contributed by atoms with Crippen LogP contribution in [0.25, 0.3) is 10.9 Å². The third-order valence-corrected chi connectivity index (χ3v) is 4.52. The number of rotatable bonds is 4. The van der Waals surface area contributed by atoms with Gasteiger partial charge in [-0.3, -0.25) is 19.1 Å². The maximum Gasteiger partial charge on any atom is 0.328 e. The van der Waals surface area contributed by atoms with Crippen LogP contribution >= 0.6 is 0 Å². The first kappa shape index (κ1) is 16.4. The van der Waals surface area contributed by atoms with Crippen LogP contribution in [0.5, 0.6) is 0 Å². The number of nitrogens with zero attached hydrogens (tertiary/aromatic N) is 2. The largest absolute Gasteiger partial charge is 0.380 e. The number of likely N-dealkylation sites (tertiary alicyclic amines) is 1. The van der Waals surface area contributed by atoms with E-state index in [1.54, 1.807) is 36.3 Å². The molecule has 0 bridgehead atoms. The number of amides is 1. The number of piperidine rings is 1. The van der Waals surface area contributed by atoms with Gasteiger partial charge in [-0.05, 0) is 25.0 Å². The van der Waals surface area contributed by atoms with Crippen molar-refractivity contribution >= 4 is 16.8 Å². The Kier molecular flexibility index (Phi) is 4.80. The number of aromatic amines is 1. The Morgan fingerprint density at radius 1 is 1.33 bits per heavy atom. The molecule has 1 saturated heterocycles. The van der Waals surface area contributed by atoms with E-state index < -0.39 is 11.2 Å². The van der Waals surface area contributed by atoms with Crippen LogP contribution in [0.2, 0.25) is 0 Å². The third-order valence-electron chi connectivity index (χ3n) is 4.52. The molecule has 0 aliphatic carbocycles. The molecule has 1 aliphatic rings. The smallest absolute Gasteiger partial charge is 0.328 e. The molecule has 1 fully saturated rings. The zero-order valence-electron chi connectivity index (χ0n) is 13.7. The van der Waals surface area contributed by atoms with E-state index in [2.05, 4.69) is 4.98 Å². The second-order valence-corrected chi connectivity index (χ2v) is 6.02. The Bertz CT molecular complexity index is 855. The SMILES string of the molecule is COC1CCCN(C(=O)CCn2c(=O)[nH]c(=O)c3ccccc32)C1. The van der Waals surface area contributed by atoms with Gasteiger partial charge in [0.2, 0.25) is 5.91 Å². The molecule has 1 amide bonds. The van der Waals surface area contributed by atoms with Crippen molar-refractivity contribution in [1.29, 1.82) is 0 Å². The summed E-state index contributed by atoms with van der Waals surface area (Å²) in [6.45, 7) is 1.56. The summed E-state index contributed by atoms with van der Waals surface area (Å²) in [6, 6.07) is 6.90. The van der Waals surface area contributed by atoms with E-state index in [0.717, 1.165) is 19.4 Å². The van der Waals surface area contributed by atoms with Gasteiger partial charge >= 0.3 is 5.69 Å². The second-order valence-electron chi connectivity index (χ2n) is 6.02. The lowest BCUT2D eigenvalue weighted by molar-refractivity contribution is -0.134. The number of H-pyrrole nitrogens is 1. The van der Waals surface area contributed by atoms with Crippen LogP contribution in [0, 0.1) is 0 Å². The summed E-state index contributed by atoms with van der Waals surface area (Å²) in [4.78, 5) is 40.5. The number of fused-ring (bicyclic) bond motifs is 1. The van der Waals surface area contributed by atoms with Gasteiger partial charge in [0.05, 0.1) is 17.0 Å². The minimum absolute atomic E-state index is 0.000990. The zero-order chi connectivity index (χ0) is 17.1. The fourth-order valence-electron chi connectivity index (χ4n) is 3.19. The minimum atomic E-state index is -0.486. The maximum atomic E-state index is 12.4. The van der Waals surface area contributed by atoms with Crippen LogP contribution in [0.3, 0.4) is 0 Å². The van der Waals surface area contributed by atoms with Crippen molar-refractivity contribution in [2.24, 2.45) is 0 Å². The van der Waals surface area contributed by atoms with E-state index >= 15 is 0 Å². The van der Waals surface area contributed by atoms with Crippen molar-refractivity contribution in [3.8, 4) is 0 Å². The van der Waals surface area contributed by atoms with Gasteiger partial charge in [0.1, 0.15) is 0 Å². The molecule has 2 heterocycles. The Hall–Kier alpha value is -2.41. The molecule has 0 radical (unpaired) electrons. The summed E-state index contributed by atoms with van der Waals surface area (Å²) in [5.74, 6) is -0.000990. The molecule has 1 unspecified atom stereocenters. The van der Waals surface area contributed by atoms with E-state index in [-0.39, 0.29) is 25.0 Å². The molecule has 3 rings (SSSR count). The highest BCUT2D eigenvalue weighted by Gasteiger charge is 2.23. The van der Waals surface area contributed by atoms with E-state index in [1.165, 1.54) is 4.57 Å². The van der Waals surface area contributed by atoms with Crippen molar-refractivity contribution in [2.75, 3.05) is 20.2 Å². The van der Waals surface area contributed by atoms with Crippen molar-refractivity contribution in [3.05, 3.63) is 45.1 Å². The van der Waals surface area contributed by atoms with Crippen LogP contribution in [0.15, 0.2) is 33.9 Å². The van der Waals surface area contributed by atoms with Gasteiger partial charge in [-0.25, -0.2) is 4.79 Å². The molecule has 2 aromatic rings. The van der Waals surface area contributed by atoms with Gasteiger partial charge in [0.25, 0.3) is 5.56 Å². The lowest BCUT2D eigenvalue weighted by atomic mass is 10.1. The number of benzene rings is 1. The zero-order valence-corrected chi connectivity index (χ0v) is 13.7. The first-order valence-electron chi connectivity index (χ1n) is 8.12. The first-order valence-corrected chi connectivity index (χ1v) is 8.12. The van der Waals surface area contributed by atoms with Gasteiger partial charge in [-0.15, -0.1) is 0 Å². The molecule has 7 nitrogen and oxygen atoms in total. The van der Waals surface area contributed by atoms with Crippen LogP contribution in [-0.4, -0.2) is 46.7 Å². The summed E-state index contributed by atoms with van der Waals surface area (Å²) in [7, 11) is 1.66. The predicted octanol–water partition coefficient (Wildman–Crippen LogP) is 0.717. The summed E-state index contributed by atoms with van der Waals surface area (Å²) < 4.78 is 6.79. The number of carbonyl (C=O) groups is 1. The summed E-state index contributed by atoms with van der Waals surface area (Å²) in [6.07, 6.45) is 2.18. The number of para-hydroxylation sites is 1. The maximum absolute atomic E-state index is 12.4. The monoisotopic (exact) mass is 331 g/mol. The molecule has 1 atom stereocenters. The Balaban J connectivity index is 1.77. The molecule has 1 aromatic heterocycles. The molecule has 0 spiro atoms. The number of aromatic nitrogens is 2. The fraction of sp³-hybridized carbons (Fsp3) is 0.471. The third kappa shape index (κ3) is 3.26. The summed E-state index contributed by atoms with van der Waals surface area (Å²) >= 11 is 0. The van der Waals surface area contributed by atoms with E-state index in [0.29, 0.717) is 17.4 Å². The predicted molar refractivity (Wildman–Crippen MR) is 90.1 cm³/mol. The van der Waals surface area contributed by atoms with Gasteiger partial charge in [-0.2, -0.15) is 0 Å². The minimum Gasteiger partial charge on any atom is -0.380 e. The normalized spacial score (nSPS) is 18.0. The van der Waals surface area contributed by atoms with Crippen molar-refractivity contribution in [3.63, 3.8) is 0 Å². The van der Waals surface area contributed by atoms with Crippen molar-refractivity contribution < 1.29 is 9.53 Å². The molecule has 24 heavy (non-hydrogen) atoms. The standard InChI is InChI=1S/C17H21N3O4/c1-24-12-5-4-9-19(11-12)15(21)8-10-20-14-7-3-2-6-13(14)16(22)18-17(20)23/h2-3,6-7,12H,4-5,8-11H2,1H3,(H,18,22,23). The Labute approximate surface area is 138 Å². The van der Waals surface area contributed by atoms with E-state index in [1.807, 2.05) is 0 Å². The van der Waals surface area contributed by atoms with E-state index in [9.17, 15) is 14.4 Å². The van der Waals surface area contributed by atoms with Crippen LogP contribution in [0.4, 0.5) is 0 Å². The van der Waals surface area contributed by atoms with Gasteiger partial charge in [-0.1, -0.05) is 12.1 Å². The van der Waals surface area contributed by atoms with Crippen molar-refractivity contribution in [2.45, 2.75) is 31.9 Å². The first-order chi connectivity index (χ1) is 11.6. The average Bonchev–Trinajstić information content (AvgIpc) is 2.61. The topological polar surface area (TPSA) is 84.4 Å². The van der Waals surface area contributed by atoms with Gasteiger partial charge in [0, 0.05) is 33.2 Å².